The number of benzene rings is 1. The Morgan fingerprint density at radius 1 is 1.14 bits per heavy atom. The van der Waals surface area contributed by atoms with E-state index in [1.807, 2.05) is 27.7 Å². The third-order valence-electron chi connectivity index (χ3n) is 2.27. The van der Waals surface area contributed by atoms with E-state index in [0.29, 0.717) is 0 Å². The van der Waals surface area contributed by atoms with Crippen molar-refractivity contribution in [2.45, 2.75) is 27.7 Å². The Balaban J connectivity index is 0.000000461. The number of halogens is 1. The van der Waals surface area contributed by atoms with Gasteiger partial charge in [0.2, 0.25) is 0 Å². The van der Waals surface area contributed by atoms with Crippen LogP contribution in [-0.4, -0.2) is 4.98 Å². The lowest BCUT2D eigenvalue weighted by molar-refractivity contribution is 0.629. The van der Waals surface area contributed by atoms with Gasteiger partial charge >= 0.3 is 0 Å². The number of hydrogen-bond donors (Lipinski definition) is 1. The van der Waals surface area contributed by atoms with Crippen LogP contribution in [0.25, 0.3) is 10.9 Å². The van der Waals surface area contributed by atoms with E-state index in [4.69, 9.17) is 0 Å². The van der Waals surface area contributed by atoms with Gasteiger partial charge in [0.05, 0.1) is 0 Å². The molecule has 0 unspecified atom stereocenters. The van der Waals surface area contributed by atoms with Crippen molar-refractivity contribution in [3.8, 4) is 0 Å². The molecule has 0 bridgehead atoms. The van der Waals surface area contributed by atoms with Crippen LogP contribution in [0.15, 0.2) is 18.2 Å². The zero-order valence-corrected chi connectivity index (χ0v) is 9.11. The average molecular weight is 193 g/mol. The molecule has 1 aromatic heterocycles. The summed E-state index contributed by atoms with van der Waals surface area (Å²) < 4.78 is 12.8. The van der Waals surface area contributed by atoms with Crippen LogP contribution in [0, 0.1) is 19.7 Å². The fourth-order valence-electron chi connectivity index (χ4n) is 1.43. The highest BCUT2D eigenvalue weighted by Crippen LogP contribution is 2.21. The van der Waals surface area contributed by atoms with Crippen LogP contribution < -0.4 is 0 Å². The van der Waals surface area contributed by atoms with Gasteiger partial charge in [-0.25, -0.2) is 4.39 Å². The maximum atomic E-state index is 12.8. The molecular weight excluding hydrogens is 177 g/mol. The smallest absolute Gasteiger partial charge is 0.123 e. The molecule has 0 aliphatic rings. The van der Waals surface area contributed by atoms with Gasteiger partial charge in [0, 0.05) is 16.6 Å². The van der Waals surface area contributed by atoms with Crippen LogP contribution in [0.4, 0.5) is 4.39 Å². The lowest BCUT2D eigenvalue weighted by Gasteiger charge is -1.90. The Morgan fingerprint density at radius 2 is 1.79 bits per heavy atom. The van der Waals surface area contributed by atoms with E-state index in [0.717, 1.165) is 22.2 Å². The van der Waals surface area contributed by atoms with Crippen LogP contribution in [0.3, 0.4) is 0 Å². The first-order valence-corrected chi connectivity index (χ1v) is 4.93. The van der Waals surface area contributed by atoms with E-state index in [-0.39, 0.29) is 5.82 Å². The van der Waals surface area contributed by atoms with Gasteiger partial charge in [-0.1, -0.05) is 13.8 Å². The fourth-order valence-corrected chi connectivity index (χ4v) is 1.43. The molecule has 1 heterocycles. The fraction of sp³-hybridized carbons (Fsp3) is 0.333. The summed E-state index contributed by atoms with van der Waals surface area (Å²) >= 11 is 0. The molecule has 2 rings (SSSR count). The maximum absolute atomic E-state index is 12.8. The van der Waals surface area contributed by atoms with E-state index in [9.17, 15) is 4.39 Å². The molecule has 0 saturated heterocycles. The second-order valence-electron chi connectivity index (χ2n) is 3.06. The molecule has 0 spiro atoms. The predicted octanol–water partition coefficient (Wildman–Crippen LogP) is 3.95. The minimum absolute atomic E-state index is 0.176. The van der Waals surface area contributed by atoms with Gasteiger partial charge < -0.3 is 4.98 Å². The van der Waals surface area contributed by atoms with Gasteiger partial charge in [-0.15, -0.1) is 0 Å². The van der Waals surface area contributed by atoms with Crippen molar-refractivity contribution in [1.29, 1.82) is 0 Å². The summed E-state index contributed by atoms with van der Waals surface area (Å²) in [6.45, 7) is 7.99. The van der Waals surface area contributed by atoms with E-state index in [2.05, 4.69) is 4.98 Å². The van der Waals surface area contributed by atoms with E-state index >= 15 is 0 Å². The molecule has 0 amide bonds. The SMILES string of the molecule is CC.Cc1[nH]c2ccc(F)cc2c1C. The number of nitrogens with one attached hydrogen (secondary N) is 1. The molecule has 0 atom stereocenters. The zero-order chi connectivity index (χ0) is 10.7. The average Bonchev–Trinajstić information content (AvgIpc) is 2.48. The second-order valence-corrected chi connectivity index (χ2v) is 3.06. The lowest BCUT2D eigenvalue weighted by Crippen LogP contribution is -1.73. The Hall–Kier alpha value is -1.31. The molecule has 2 heteroatoms. The molecule has 14 heavy (non-hydrogen) atoms. The summed E-state index contributed by atoms with van der Waals surface area (Å²) in [7, 11) is 0. The van der Waals surface area contributed by atoms with Crippen LogP contribution in [0.2, 0.25) is 0 Å². The maximum Gasteiger partial charge on any atom is 0.123 e. The van der Waals surface area contributed by atoms with Crippen molar-refractivity contribution in [3.63, 3.8) is 0 Å². The molecule has 2 aromatic rings. The normalized spacial score (nSPS) is 9.79. The van der Waals surface area contributed by atoms with Gasteiger partial charge in [-0.2, -0.15) is 0 Å². The van der Waals surface area contributed by atoms with Gasteiger partial charge in [0.25, 0.3) is 0 Å². The quantitative estimate of drug-likeness (QED) is 0.652. The Kier molecular flexibility index (Phi) is 3.28. The molecule has 0 aliphatic carbocycles. The summed E-state index contributed by atoms with van der Waals surface area (Å²) in [5, 5.41) is 0.979. The van der Waals surface area contributed by atoms with Crippen LogP contribution >= 0.6 is 0 Å². The largest absolute Gasteiger partial charge is 0.358 e. The highest BCUT2D eigenvalue weighted by atomic mass is 19.1. The molecule has 0 saturated carbocycles. The van der Waals surface area contributed by atoms with Gasteiger partial charge in [-0.05, 0) is 37.6 Å². The minimum atomic E-state index is -0.176. The van der Waals surface area contributed by atoms with Crippen molar-refractivity contribution >= 4 is 10.9 Å². The molecule has 1 aromatic carbocycles. The number of H-pyrrole nitrogens is 1. The Labute approximate surface area is 84.0 Å². The monoisotopic (exact) mass is 193 g/mol. The van der Waals surface area contributed by atoms with E-state index in [1.165, 1.54) is 6.07 Å². The van der Waals surface area contributed by atoms with Crippen molar-refractivity contribution < 1.29 is 4.39 Å². The number of rotatable bonds is 0. The number of fused-ring (bicyclic) bond motifs is 1. The standard InChI is InChI=1S/C10H10FN.C2H6/c1-6-7(2)12-10-4-3-8(11)5-9(6)10;1-2/h3-5,12H,1-2H3;1-2H3. The summed E-state index contributed by atoms with van der Waals surface area (Å²) in [4.78, 5) is 3.19. The van der Waals surface area contributed by atoms with Crippen molar-refractivity contribution in [3.05, 3.63) is 35.3 Å². The lowest BCUT2D eigenvalue weighted by atomic mass is 10.1. The molecule has 0 aliphatic heterocycles. The van der Waals surface area contributed by atoms with Crippen molar-refractivity contribution in [2.75, 3.05) is 0 Å². The highest BCUT2D eigenvalue weighted by Gasteiger charge is 2.03. The molecule has 0 fully saturated rings. The molecule has 76 valence electrons. The molecule has 0 radical (unpaired) electrons. The van der Waals surface area contributed by atoms with E-state index < -0.39 is 0 Å². The van der Waals surface area contributed by atoms with Gasteiger partial charge in [-0.3, -0.25) is 0 Å². The highest BCUT2D eigenvalue weighted by molar-refractivity contribution is 5.84. The van der Waals surface area contributed by atoms with Gasteiger partial charge in [0.15, 0.2) is 0 Å². The number of aromatic nitrogens is 1. The first kappa shape index (κ1) is 10.8. The third kappa shape index (κ3) is 1.79. The van der Waals surface area contributed by atoms with Crippen molar-refractivity contribution in [1.82, 2.24) is 4.98 Å². The zero-order valence-electron chi connectivity index (χ0n) is 9.11. The van der Waals surface area contributed by atoms with E-state index in [1.54, 1.807) is 12.1 Å². The summed E-state index contributed by atoms with van der Waals surface area (Å²) in [5.41, 5.74) is 3.24. The van der Waals surface area contributed by atoms with Crippen LogP contribution in [-0.2, 0) is 0 Å². The Bertz CT molecular complexity index is 429. The summed E-state index contributed by atoms with van der Waals surface area (Å²) in [5.74, 6) is -0.176. The second kappa shape index (κ2) is 4.27. The first-order chi connectivity index (χ1) is 6.68. The van der Waals surface area contributed by atoms with Crippen LogP contribution in [0.5, 0.6) is 0 Å². The predicted molar refractivity (Wildman–Crippen MR) is 59.1 cm³/mol. The number of aromatic amines is 1. The number of aryl methyl sites for hydroxylation is 2. The number of hydrogen-bond acceptors (Lipinski definition) is 0. The van der Waals surface area contributed by atoms with Crippen LogP contribution in [0.1, 0.15) is 25.1 Å². The topological polar surface area (TPSA) is 15.8 Å². The first-order valence-electron chi connectivity index (χ1n) is 4.93. The van der Waals surface area contributed by atoms with Gasteiger partial charge in [0.1, 0.15) is 5.82 Å². The molecular formula is C12H16FN. The third-order valence-corrected chi connectivity index (χ3v) is 2.27. The Morgan fingerprint density at radius 3 is 2.43 bits per heavy atom. The molecule has 1 N–H and O–H groups in total. The summed E-state index contributed by atoms with van der Waals surface area (Å²) in [6.07, 6.45) is 0. The summed E-state index contributed by atoms with van der Waals surface area (Å²) in [6, 6.07) is 4.80. The molecule has 1 nitrogen and oxygen atoms in total. The minimum Gasteiger partial charge on any atom is -0.358 e. The van der Waals surface area contributed by atoms with Crippen molar-refractivity contribution in [2.24, 2.45) is 0 Å².